The van der Waals surface area contributed by atoms with Crippen molar-refractivity contribution in [2.75, 3.05) is 27.2 Å². The van der Waals surface area contributed by atoms with Crippen LogP contribution in [0.3, 0.4) is 0 Å². The third kappa shape index (κ3) is 4.66. The molecule has 0 aromatic heterocycles. The minimum atomic E-state index is -0.920. The summed E-state index contributed by atoms with van der Waals surface area (Å²) in [6.45, 7) is 1.08. The van der Waals surface area contributed by atoms with Crippen LogP contribution in [0.4, 0.5) is 4.39 Å². The number of phenolic OH excluding ortho intramolecular Hbond substituents is 1. The first kappa shape index (κ1) is 15.7. The fourth-order valence-corrected chi connectivity index (χ4v) is 1.60. The molecule has 2 N–H and O–H groups in total. The number of hydrogen-bond acceptors (Lipinski definition) is 4. The van der Waals surface area contributed by atoms with E-state index in [2.05, 4.69) is 5.32 Å². The molecule has 1 aromatic carbocycles. The van der Waals surface area contributed by atoms with Crippen molar-refractivity contribution in [2.45, 2.75) is 6.42 Å². The summed E-state index contributed by atoms with van der Waals surface area (Å²) in [5, 5.41) is 13.2. The van der Waals surface area contributed by atoms with Gasteiger partial charge in [-0.25, -0.2) is 4.39 Å². The van der Waals surface area contributed by atoms with E-state index in [0.29, 0.717) is 19.5 Å². The number of nitrogens with zero attached hydrogens (tertiary/aromatic N) is 1. The van der Waals surface area contributed by atoms with Gasteiger partial charge in [-0.2, -0.15) is 5.06 Å². The second-order valence-corrected chi connectivity index (χ2v) is 4.34. The largest absolute Gasteiger partial charge is 0.504 e. The second-order valence-electron chi connectivity index (χ2n) is 3.93. The molecule has 0 heterocycles. The predicted octanol–water partition coefficient (Wildman–Crippen LogP) is 1.80. The minimum absolute atomic E-state index is 0.0698. The lowest BCUT2D eigenvalue weighted by molar-refractivity contribution is -0.109. The van der Waals surface area contributed by atoms with Gasteiger partial charge in [-0.3, -0.25) is 4.79 Å². The number of hydrogen-bond donors (Lipinski definition) is 2. The molecule has 5 nitrogen and oxygen atoms in total. The Morgan fingerprint density at radius 2 is 2.26 bits per heavy atom. The zero-order chi connectivity index (χ0) is 14.4. The Bertz CT molecular complexity index is 434. The van der Waals surface area contributed by atoms with E-state index >= 15 is 0 Å². The van der Waals surface area contributed by atoms with Gasteiger partial charge in [-0.1, -0.05) is 11.6 Å². The zero-order valence-corrected chi connectivity index (χ0v) is 11.5. The van der Waals surface area contributed by atoms with E-state index in [1.54, 1.807) is 19.2 Å². The molecule has 0 bridgehead atoms. The van der Waals surface area contributed by atoms with E-state index in [9.17, 15) is 9.18 Å². The molecule has 0 aliphatic carbocycles. The van der Waals surface area contributed by atoms with Crippen LogP contribution in [-0.2, 0) is 4.84 Å². The number of halogens is 2. The van der Waals surface area contributed by atoms with Gasteiger partial charge in [-0.05, 0) is 18.6 Å². The lowest BCUT2D eigenvalue weighted by Gasteiger charge is -2.13. The molecule has 0 fully saturated rings. The van der Waals surface area contributed by atoms with E-state index in [4.69, 9.17) is 21.5 Å². The van der Waals surface area contributed by atoms with Crippen molar-refractivity contribution in [3.8, 4) is 5.75 Å². The Morgan fingerprint density at radius 3 is 2.84 bits per heavy atom. The molecule has 0 saturated carbocycles. The van der Waals surface area contributed by atoms with E-state index in [1.165, 1.54) is 6.07 Å². The molecule has 0 unspecified atom stereocenters. The normalized spacial score (nSPS) is 10.8. The van der Waals surface area contributed by atoms with Crippen molar-refractivity contribution >= 4 is 17.5 Å². The summed E-state index contributed by atoms with van der Waals surface area (Å²) in [5.74, 6) is -2.02. The third-order valence-electron chi connectivity index (χ3n) is 2.53. The second kappa shape index (κ2) is 7.28. The highest BCUT2D eigenvalue weighted by Gasteiger charge is 2.12. The number of aromatic hydroxyl groups is 1. The smallest absolute Gasteiger partial charge is 0.251 e. The van der Waals surface area contributed by atoms with Crippen LogP contribution in [0.1, 0.15) is 16.8 Å². The highest BCUT2D eigenvalue weighted by Crippen LogP contribution is 2.27. The third-order valence-corrected chi connectivity index (χ3v) is 2.81. The maximum atomic E-state index is 13.2. The van der Waals surface area contributed by atoms with E-state index in [0.717, 1.165) is 6.07 Å². The molecule has 1 aromatic rings. The van der Waals surface area contributed by atoms with E-state index in [1.807, 2.05) is 0 Å². The van der Waals surface area contributed by atoms with Crippen molar-refractivity contribution < 1.29 is 19.1 Å². The molecule has 0 saturated heterocycles. The first-order valence-electron chi connectivity index (χ1n) is 5.67. The molecule has 7 heteroatoms. The average Bonchev–Trinajstić information content (AvgIpc) is 2.39. The number of carbonyl (C=O) groups is 1. The van der Waals surface area contributed by atoms with Crippen LogP contribution in [0.15, 0.2) is 12.1 Å². The predicted molar refractivity (Wildman–Crippen MR) is 69.7 cm³/mol. The molecule has 19 heavy (non-hydrogen) atoms. The van der Waals surface area contributed by atoms with Crippen molar-refractivity contribution in [3.63, 3.8) is 0 Å². The molecule has 0 aliphatic heterocycles. The van der Waals surface area contributed by atoms with Crippen LogP contribution in [0.2, 0.25) is 5.02 Å². The Balaban J connectivity index is 2.50. The van der Waals surface area contributed by atoms with Gasteiger partial charge in [0.1, 0.15) is 0 Å². The molecular formula is C12H16ClFN2O3. The van der Waals surface area contributed by atoms with Gasteiger partial charge < -0.3 is 15.3 Å². The lowest BCUT2D eigenvalue weighted by Crippen LogP contribution is -2.28. The number of nitrogens with one attached hydrogen (secondary N) is 1. The van der Waals surface area contributed by atoms with Crippen molar-refractivity contribution in [3.05, 3.63) is 28.5 Å². The summed E-state index contributed by atoms with van der Waals surface area (Å²) in [4.78, 5) is 16.6. The van der Waals surface area contributed by atoms with E-state index in [-0.39, 0.29) is 10.6 Å². The first-order valence-corrected chi connectivity index (χ1v) is 6.05. The minimum Gasteiger partial charge on any atom is -0.504 e. The number of amides is 1. The van der Waals surface area contributed by atoms with Crippen LogP contribution >= 0.6 is 11.6 Å². The van der Waals surface area contributed by atoms with Crippen LogP contribution in [-0.4, -0.2) is 43.3 Å². The van der Waals surface area contributed by atoms with Gasteiger partial charge in [0.2, 0.25) is 0 Å². The topological polar surface area (TPSA) is 61.8 Å². The monoisotopic (exact) mass is 290 g/mol. The molecule has 0 spiro atoms. The lowest BCUT2D eigenvalue weighted by atomic mass is 10.2. The average molecular weight is 291 g/mol. The molecule has 1 amide bonds. The van der Waals surface area contributed by atoms with Gasteiger partial charge >= 0.3 is 0 Å². The Labute approximate surface area is 115 Å². The quantitative estimate of drug-likeness (QED) is 0.619. The standard InChI is InChI=1S/C12H16ClFN2O3/c1-16(19-2)5-3-4-15-12(18)8-6-9(13)11(17)10(14)7-8/h6-7,17H,3-5H2,1-2H3,(H,15,18). The molecular weight excluding hydrogens is 275 g/mol. The number of phenols is 1. The summed E-state index contributed by atoms with van der Waals surface area (Å²) in [7, 11) is 3.33. The Morgan fingerprint density at radius 1 is 1.58 bits per heavy atom. The van der Waals surface area contributed by atoms with Crippen LogP contribution in [0.25, 0.3) is 0 Å². The first-order chi connectivity index (χ1) is 8.95. The molecule has 0 atom stereocenters. The van der Waals surface area contributed by atoms with Gasteiger partial charge in [0, 0.05) is 25.7 Å². The number of carbonyl (C=O) groups excluding carboxylic acids is 1. The number of rotatable bonds is 6. The summed E-state index contributed by atoms with van der Waals surface area (Å²) < 4.78 is 13.2. The Kier molecular flexibility index (Phi) is 6.01. The van der Waals surface area contributed by atoms with Crippen LogP contribution in [0, 0.1) is 5.82 Å². The number of benzene rings is 1. The fourth-order valence-electron chi connectivity index (χ4n) is 1.39. The van der Waals surface area contributed by atoms with Crippen molar-refractivity contribution in [1.29, 1.82) is 0 Å². The summed E-state index contributed by atoms with van der Waals surface area (Å²) in [6, 6.07) is 2.16. The van der Waals surface area contributed by atoms with Crippen molar-refractivity contribution in [1.82, 2.24) is 10.4 Å². The number of hydroxylamine groups is 2. The van der Waals surface area contributed by atoms with Crippen LogP contribution in [0.5, 0.6) is 5.75 Å². The molecule has 0 aliphatic rings. The fraction of sp³-hybridized carbons (Fsp3) is 0.417. The van der Waals surface area contributed by atoms with Gasteiger partial charge in [0.15, 0.2) is 11.6 Å². The summed E-state index contributed by atoms with van der Waals surface area (Å²) in [5.41, 5.74) is 0.0698. The highest BCUT2D eigenvalue weighted by molar-refractivity contribution is 6.32. The zero-order valence-electron chi connectivity index (χ0n) is 10.7. The van der Waals surface area contributed by atoms with Gasteiger partial charge in [0.05, 0.1) is 12.1 Å². The SMILES string of the molecule is CON(C)CCCNC(=O)c1cc(F)c(O)c(Cl)c1. The highest BCUT2D eigenvalue weighted by atomic mass is 35.5. The Hall–Kier alpha value is -1.37. The van der Waals surface area contributed by atoms with Gasteiger partial charge in [-0.15, -0.1) is 0 Å². The molecule has 0 radical (unpaired) electrons. The maximum absolute atomic E-state index is 13.2. The van der Waals surface area contributed by atoms with E-state index < -0.39 is 17.5 Å². The van der Waals surface area contributed by atoms with Crippen molar-refractivity contribution in [2.24, 2.45) is 0 Å². The van der Waals surface area contributed by atoms with Gasteiger partial charge in [0.25, 0.3) is 5.91 Å². The summed E-state index contributed by atoms with van der Waals surface area (Å²) >= 11 is 5.59. The maximum Gasteiger partial charge on any atom is 0.251 e. The molecule has 106 valence electrons. The van der Waals surface area contributed by atoms with Crippen LogP contribution < -0.4 is 5.32 Å². The summed E-state index contributed by atoms with van der Waals surface area (Å²) in [6.07, 6.45) is 0.685. The molecule has 1 rings (SSSR count).